The summed E-state index contributed by atoms with van der Waals surface area (Å²) in [4.78, 5) is 24.8. The van der Waals surface area contributed by atoms with E-state index in [1.165, 1.54) is 0 Å². The van der Waals surface area contributed by atoms with Gasteiger partial charge in [-0.25, -0.2) is 0 Å². The molecule has 2 amide bonds. The molecule has 0 saturated heterocycles. The van der Waals surface area contributed by atoms with Gasteiger partial charge in [-0.05, 0) is 57.2 Å². The average molecular weight is 397 g/mol. The van der Waals surface area contributed by atoms with Crippen molar-refractivity contribution in [2.45, 2.75) is 26.8 Å². The molecule has 3 rings (SSSR count). The maximum absolute atomic E-state index is 12.6. The van der Waals surface area contributed by atoms with Crippen molar-refractivity contribution in [3.05, 3.63) is 76.6 Å². The van der Waals surface area contributed by atoms with Gasteiger partial charge in [-0.1, -0.05) is 29.8 Å². The molecule has 0 spiro atoms. The lowest BCUT2D eigenvalue weighted by molar-refractivity contribution is -0.119. The van der Waals surface area contributed by atoms with Crippen molar-refractivity contribution in [2.24, 2.45) is 0 Å². The molecule has 6 nitrogen and oxygen atoms in total. The number of hydrogen-bond acceptors (Lipinski definition) is 3. The Bertz CT molecular complexity index is 1010. The Morgan fingerprint density at radius 1 is 1.04 bits per heavy atom. The second-order valence-electron chi connectivity index (χ2n) is 6.55. The highest BCUT2D eigenvalue weighted by Crippen LogP contribution is 2.27. The SMILES string of the molecule is Cc1cc(C)n(C(C)C(=O)Nc2ccc(NC(=O)c3ccccc3)cc2Cl)n1. The summed E-state index contributed by atoms with van der Waals surface area (Å²) >= 11 is 6.30. The minimum absolute atomic E-state index is 0.228. The Balaban J connectivity index is 1.69. The van der Waals surface area contributed by atoms with Crippen LogP contribution in [-0.2, 0) is 4.79 Å². The van der Waals surface area contributed by atoms with Crippen LogP contribution in [0.1, 0.15) is 34.7 Å². The molecule has 0 aliphatic carbocycles. The van der Waals surface area contributed by atoms with Gasteiger partial charge in [-0.15, -0.1) is 0 Å². The second-order valence-corrected chi connectivity index (χ2v) is 6.96. The van der Waals surface area contributed by atoms with E-state index in [0.717, 1.165) is 11.4 Å². The second kappa shape index (κ2) is 8.27. The normalized spacial score (nSPS) is 11.7. The fraction of sp³-hybridized carbons (Fsp3) is 0.190. The first-order valence-corrected chi connectivity index (χ1v) is 9.22. The van der Waals surface area contributed by atoms with Gasteiger partial charge in [0.05, 0.1) is 16.4 Å². The molecular formula is C21H21ClN4O2. The van der Waals surface area contributed by atoms with Crippen LogP contribution >= 0.6 is 11.6 Å². The zero-order valence-electron chi connectivity index (χ0n) is 15.9. The van der Waals surface area contributed by atoms with Gasteiger partial charge in [0.25, 0.3) is 5.91 Å². The first-order chi connectivity index (χ1) is 13.3. The van der Waals surface area contributed by atoms with Crippen LogP contribution in [0.4, 0.5) is 11.4 Å². The Hall–Kier alpha value is -3.12. The van der Waals surface area contributed by atoms with E-state index in [1.807, 2.05) is 26.0 Å². The smallest absolute Gasteiger partial charge is 0.255 e. The van der Waals surface area contributed by atoms with Crippen molar-refractivity contribution in [1.82, 2.24) is 9.78 Å². The van der Waals surface area contributed by atoms with Gasteiger partial charge in [0, 0.05) is 16.9 Å². The summed E-state index contributed by atoms with van der Waals surface area (Å²) in [7, 11) is 0. The van der Waals surface area contributed by atoms with Crippen molar-refractivity contribution in [3.63, 3.8) is 0 Å². The van der Waals surface area contributed by atoms with Gasteiger partial charge >= 0.3 is 0 Å². The van der Waals surface area contributed by atoms with Gasteiger partial charge in [0.2, 0.25) is 5.91 Å². The quantitative estimate of drug-likeness (QED) is 0.661. The summed E-state index contributed by atoms with van der Waals surface area (Å²) in [6, 6.07) is 15.3. The molecule has 0 saturated carbocycles. The molecule has 7 heteroatoms. The first-order valence-electron chi connectivity index (χ1n) is 8.84. The molecule has 28 heavy (non-hydrogen) atoms. The van der Waals surface area contributed by atoms with Crippen LogP contribution in [0.3, 0.4) is 0 Å². The molecule has 3 aromatic rings. The number of aromatic nitrogens is 2. The van der Waals surface area contributed by atoms with Crippen LogP contribution in [-0.4, -0.2) is 21.6 Å². The first kappa shape index (κ1) is 19.6. The van der Waals surface area contributed by atoms with Crippen molar-refractivity contribution in [1.29, 1.82) is 0 Å². The van der Waals surface area contributed by atoms with Crippen molar-refractivity contribution < 1.29 is 9.59 Å². The van der Waals surface area contributed by atoms with E-state index in [9.17, 15) is 9.59 Å². The number of nitrogens with zero attached hydrogens (tertiary/aromatic N) is 2. The standard InChI is InChI=1S/C21H21ClN4O2/c1-13-11-14(2)26(25-13)15(3)20(27)24-19-10-9-17(12-18(19)22)23-21(28)16-7-5-4-6-8-16/h4-12,15H,1-3H3,(H,23,28)(H,24,27). The van der Waals surface area contributed by atoms with Crippen molar-refractivity contribution in [2.75, 3.05) is 10.6 Å². The van der Waals surface area contributed by atoms with Crippen LogP contribution in [0.2, 0.25) is 5.02 Å². The fourth-order valence-corrected chi connectivity index (χ4v) is 3.10. The molecule has 144 valence electrons. The number of carbonyl (C=O) groups excluding carboxylic acids is 2. The number of carbonyl (C=O) groups is 2. The van der Waals surface area contributed by atoms with Crippen molar-refractivity contribution >= 4 is 34.8 Å². The van der Waals surface area contributed by atoms with Crippen LogP contribution < -0.4 is 10.6 Å². The van der Waals surface area contributed by atoms with Crippen molar-refractivity contribution in [3.8, 4) is 0 Å². The maximum atomic E-state index is 12.6. The zero-order valence-corrected chi connectivity index (χ0v) is 16.6. The molecule has 2 aromatic carbocycles. The van der Waals surface area contributed by atoms with Crippen LogP contribution in [0.15, 0.2) is 54.6 Å². The third kappa shape index (κ3) is 4.40. The van der Waals surface area contributed by atoms with Gasteiger partial charge in [0.1, 0.15) is 6.04 Å². The van der Waals surface area contributed by atoms with Crippen LogP contribution in [0.5, 0.6) is 0 Å². The Kier molecular flexibility index (Phi) is 5.80. The summed E-state index contributed by atoms with van der Waals surface area (Å²) in [6.07, 6.45) is 0. The van der Waals surface area contributed by atoms with E-state index in [0.29, 0.717) is 22.0 Å². The Labute approximate surface area is 168 Å². The number of amides is 2. The molecular weight excluding hydrogens is 376 g/mol. The highest BCUT2D eigenvalue weighted by Gasteiger charge is 2.19. The zero-order chi connectivity index (χ0) is 20.3. The van der Waals surface area contributed by atoms with Gasteiger partial charge < -0.3 is 10.6 Å². The predicted octanol–water partition coefficient (Wildman–Crippen LogP) is 4.61. The number of hydrogen-bond donors (Lipinski definition) is 2. The van der Waals surface area contributed by atoms with Crippen LogP contribution in [0.25, 0.3) is 0 Å². The Morgan fingerprint density at radius 3 is 2.36 bits per heavy atom. The van der Waals surface area contributed by atoms with E-state index in [2.05, 4.69) is 15.7 Å². The Morgan fingerprint density at radius 2 is 1.75 bits per heavy atom. The monoisotopic (exact) mass is 396 g/mol. The number of benzene rings is 2. The molecule has 0 radical (unpaired) electrons. The highest BCUT2D eigenvalue weighted by atomic mass is 35.5. The van der Waals surface area contributed by atoms with E-state index in [1.54, 1.807) is 54.1 Å². The molecule has 1 aromatic heterocycles. The van der Waals surface area contributed by atoms with E-state index in [4.69, 9.17) is 11.6 Å². The third-order valence-electron chi connectivity index (χ3n) is 4.31. The number of anilines is 2. The van der Waals surface area contributed by atoms with E-state index < -0.39 is 6.04 Å². The number of aryl methyl sites for hydroxylation is 2. The third-order valence-corrected chi connectivity index (χ3v) is 4.62. The number of nitrogens with one attached hydrogen (secondary N) is 2. The average Bonchev–Trinajstić information content (AvgIpc) is 3.02. The summed E-state index contributed by atoms with van der Waals surface area (Å²) in [5.41, 5.74) is 3.33. The van der Waals surface area contributed by atoms with Gasteiger partial charge in [0.15, 0.2) is 0 Å². The molecule has 0 aliphatic rings. The maximum Gasteiger partial charge on any atom is 0.255 e. The fourth-order valence-electron chi connectivity index (χ4n) is 2.87. The molecule has 1 atom stereocenters. The predicted molar refractivity (Wildman–Crippen MR) is 111 cm³/mol. The largest absolute Gasteiger partial charge is 0.323 e. The lowest BCUT2D eigenvalue weighted by atomic mass is 10.2. The lowest BCUT2D eigenvalue weighted by Crippen LogP contribution is -2.25. The summed E-state index contributed by atoms with van der Waals surface area (Å²) in [6.45, 7) is 5.56. The molecule has 1 heterocycles. The minimum atomic E-state index is -0.484. The van der Waals surface area contributed by atoms with E-state index in [-0.39, 0.29) is 11.8 Å². The van der Waals surface area contributed by atoms with Crippen LogP contribution in [0, 0.1) is 13.8 Å². The minimum Gasteiger partial charge on any atom is -0.323 e. The number of rotatable bonds is 5. The van der Waals surface area contributed by atoms with Gasteiger partial charge in [-0.2, -0.15) is 5.10 Å². The highest BCUT2D eigenvalue weighted by molar-refractivity contribution is 6.34. The molecule has 2 N–H and O–H groups in total. The van der Waals surface area contributed by atoms with Gasteiger partial charge in [-0.3, -0.25) is 14.3 Å². The molecule has 1 unspecified atom stereocenters. The summed E-state index contributed by atoms with van der Waals surface area (Å²) in [5, 5.41) is 10.3. The molecule has 0 bridgehead atoms. The molecule has 0 aliphatic heterocycles. The van der Waals surface area contributed by atoms with E-state index >= 15 is 0 Å². The lowest BCUT2D eigenvalue weighted by Gasteiger charge is -2.16. The topological polar surface area (TPSA) is 76.0 Å². The summed E-state index contributed by atoms with van der Waals surface area (Å²) in [5.74, 6) is -0.458. The summed E-state index contributed by atoms with van der Waals surface area (Å²) < 4.78 is 1.67. The number of halogens is 1. The molecule has 0 fully saturated rings.